The summed E-state index contributed by atoms with van der Waals surface area (Å²) in [5.41, 5.74) is 0. The number of methoxy groups -OCH3 is 1. The lowest BCUT2D eigenvalue weighted by molar-refractivity contribution is 0.206. The third-order valence-electron chi connectivity index (χ3n) is 1.58. The summed E-state index contributed by atoms with van der Waals surface area (Å²) in [6, 6.07) is 0. The van der Waals surface area contributed by atoms with Crippen molar-refractivity contribution in [2.24, 2.45) is 0 Å². The number of halogens is 1. The van der Waals surface area contributed by atoms with Crippen LogP contribution in [-0.2, 0) is 4.74 Å². The number of likely N-dealkylation sites (N-methyl/N-ethyl adjacent to an activating group) is 1. The second-order valence-corrected chi connectivity index (χ2v) is 3.86. The van der Waals surface area contributed by atoms with Crippen molar-refractivity contribution in [3.8, 4) is 0 Å². The van der Waals surface area contributed by atoms with E-state index >= 15 is 0 Å². The zero-order valence-corrected chi connectivity index (χ0v) is 9.85. The highest BCUT2D eigenvalue weighted by Gasteiger charge is 2.02. The van der Waals surface area contributed by atoms with Gasteiger partial charge in [-0.3, -0.25) is 0 Å². The zero-order valence-electron chi connectivity index (χ0n) is 7.70. The Kier molecular flexibility index (Phi) is 4.37. The molecule has 0 aliphatic heterocycles. The highest BCUT2D eigenvalue weighted by molar-refractivity contribution is 14.1. The van der Waals surface area contributed by atoms with E-state index in [2.05, 4.69) is 32.6 Å². The van der Waals surface area contributed by atoms with Gasteiger partial charge in [-0.05, 0) is 22.6 Å². The molecule has 1 aromatic rings. The molecule has 0 radical (unpaired) electrons. The number of anilines is 1. The van der Waals surface area contributed by atoms with Crippen LogP contribution in [0.3, 0.4) is 0 Å². The minimum atomic E-state index is 0.686. The zero-order chi connectivity index (χ0) is 9.68. The second-order valence-electron chi connectivity index (χ2n) is 2.62. The highest BCUT2D eigenvalue weighted by Crippen LogP contribution is 2.05. The van der Waals surface area contributed by atoms with Gasteiger partial charge in [-0.2, -0.15) is 0 Å². The van der Waals surface area contributed by atoms with E-state index in [9.17, 15) is 0 Å². The average molecular weight is 293 g/mol. The van der Waals surface area contributed by atoms with Gasteiger partial charge in [0, 0.05) is 36.7 Å². The van der Waals surface area contributed by atoms with Gasteiger partial charge in [0.2, 0.25) is 5.95 Å². The van der Waals surface area contributed by atoms with Crippen molar-refractivity contribution in [1.29, 1.82) is 0 Å². The Bertz CT molecular complexity index is 252. The third-order valence-corrected chi connectivity index (χ3v) is 2.14. The van der Waals surface area contributed by atoms with Crippen molar-refractivity contribution in [1.82, 2.24) is 9.97 Å². The standard InChI is InChI=1S/C8H12IN3O/c1-12(3-4-13-2)8-10-5-7(9)6-11-8/h5-6H,3-4H2,1-2H3. The van der Waals surface area contributed by atoms with Crippen molar-refractivity contribution in [3.63, 3.8) is 0 Å². The molecule has 1 heterocycles. The van der Waals surface area contributed by atoms with Crippen molar-refractivity contribution in [2.75, 3.05) is 32.2 Å². The number of rotatable bonds is 4. The average Bonchev–Trinajstić information content (AvgIpc) is 2.15. The van der Waals surface area contributed by atoms with Gasteiger partial charge in [0.1, 0.15) is 0 Å². The molecule has 72 valence electrons. The van der Waals surface area contributed by atoms with Crippen LogP contribution < -0.4 is 4.90 Å². The molecule has 1 aromatic heterocycles. The Balaban J connectivity index is 2.55. The smallest absolute Gasteiger partial charge is 0.225 e. The normalized spacial score (nSPS) is 10.1. The molecule has 0 amide bonds. The first-order chi connectivity index (χ1) is 6.24. The SMILES string of the molecule is COCCN(C)c1ncc(I)cn1. The fourth-order valence-electron chi connectivity index (χ4n) is 0.831. The molecule has 0 unspecified atom stereocenters. The molecule has 0 aliphatic carbocycles. The maximum Gasteiger partial charge on any atom is 0.225 e. The van der Waals surface area contributed by atoms with Crippen molar-refractivity contribution in [3.05, 3.63) is 16.0 Å². The van der Waals surface area contributed by atoms with E-state index in [4.69, 9.17) is 4.74 Å². The molecule has 1 rings (SSSR count). The van der Waals surface area contributed by atoms with Gasteiger partial charge in [-0.1, -0.05) is 0 Å². The summed E-state index contributed by atoms with van der Waals surface area (Å²) in [4.78, 5) is 10.3. The van der Waals surface area contributed by atoms with Crippen LogP contribution in [-0.4, -0.2) is 37.3 Å². The van der Waals surface area contributed by atoms with Gasteiger partial charge in [0.05, 0.1) is 6.61 Å². The lowest BCUT2D eigenvalue weighted by atomic mass is 10.6. The molecule has 0 spiro atoms. The lowest BCUT2D eigenvalue weighted by Crippen LogP contribution is -2.23. The molecule has 0 aromatic carbocycles. The molecule has 0 atom stereocenters. The van der Waals surface area contributed by atoms with Gasteiger partial charge in [0.25, 0.3) is 0 Å². The Morgan fingerprint density at radius 2 is 2.08 bits per heavy atom. The fraction of sp³-hybridized carbons (Fsp3) is 0.500. The molecule has 5 heteroatoms. The maximum absolute atomic E-state index is 4.96. The number of nitrogens with zero attached hydrogens (tertiary/aromatic N) is 3. The monoisotopic (exact) mass is 293 g/mol. The minimum Gasteiger partial charge on any atom is -0.383 e. The molecular weight excluding hydrogens is 281 g/mol. The maximum atomic E-state index is 4.96. The summed E-state index contributed by atoms with van der Waals surface area (Å²) in [6.45, 7) is 1.49. The van der Waals surface area contributed by atoms with E-state index in [1.54, 1.807) is 19.5 Å². The van der Waals surface area contributed by atoms with Crippen LogP contribution in [0.1, 0.15) is 0 Å². The van der Waals surface area contributed by atoms with Crippen molar-refractivity contribution in [2.45, 2.75) is 0 Å². The van der Waals surface area contributed by atoms with Gasteiger partial charge in [-0.15, -0.1) is 0 Å². The summed E-state index contributed by atoms with van der Waals surface area (Å²) in [7, 11) is 3.63. The predicted molar refractivity (Wildman–Crippen MR) is 59.9 cm³/mol. The van der Waals surface area contributed by atoms with E-state index in [0.717, 1.165) is 16.1 Å². The topological polar surface area (TPSA) is 38.2 Å². The van der Waals surface area contributed by atoms with Crippen molar-refractivity contribution >= 4 is 28.5 Å². The van der Waals surface area contributed by atoms with E-state index < -0.39 is 0 Å². The molecule has 0 N–H and O–H groups in total. The Morgan fingerprint density at radius 1 is 1.46 bits per heavy atom. The van der Waals surface area contributed by atoms with Crippen molar-refractivity contribution < 1.29 is 4.74 Å². The predicted octanol–water partition coefficient (Wildman–Crippen LogP) is 1.16. The van der Waals surface area contributed by atoms with E-state index in [0.29, 0.717) is 6.61 Å². The minimum absolute atomic E-state index is 0.686. The molecule has 0 bridgehead atoms. The first-order valence-electron chi connectivity index (χ1n) is 3.91. The largest absolute Gasteiger partial charge is 0.383 e. The summed E-state index contributed by atoms with van der Waals surface area (Å²) in [5, 5.41) is 0. The molecular formula is C8H12IN3O. The van der Waals surface area contributed by atoms with E-state index in [1.807, 2.05) is 11.9 Å². The molecule has 0 aliphatic rings. The molecule has 0 saturated carbocycles. The molecule has 0 fully saturated rings. The summed E-state index contributed by atoms with van der Waals surface area (Å²) in [6.07, 6.45) is 3.60. The summed E-state index contributed by atoms with van der Waals surface area (Å²) in [5.74, 6) is 0.734. The summed E-state index contributed by atoms with van der Waals surface area (Å²) < 4.78 is 6.00. The van der Waals surface area contributed by atoms with Gasteiger partial charge in [-0.25, -0.2) is 9.97 Å². The van der Waals surface area contributed by atoms with E-state index in [-0.39, 0.29) is 0 Å². The number of aromatic nitrogens is 2. The third kappa shape index (κ3) is 3.43. The fourth-order valence-corrected chi connectivity index (χ4v) is 1.11. The van der Waals surface area contributed by atoms with Gasteiger partial charge >= 0.3 is 0 Å². The number of hydrogen-bond donors (Lipinski definition) is 0. The molecule has 0 saturated heterocycles. The number of ether oxygens (including phenoxy) is 1. The van der Waals surface area contributed by atoms with Crippen LogP contribution in [0.15, 0.2) is 12.4 Å². The molecule has 4 nitrogen and oxygen atoms in total. The first-order valence-corrected chi connectivity index (χ1v) is 4.99. The highest BCUT2D eigenvalue weighted by atomic mass is 127. The second kappa shape index (κ2) is 5.33. The summed E-state index contributed by atoms with van der Waals surface area (Å²) >= 11 is 2.18. The van der Waals surface area contributed by atoms with Gasteiger partial charge in [0.15, 0.2) is 0 Å². The van der Waals surface area contributed by atoms with Crippen LogP contribution in [0.25, 0.3) is 0 Å². The first kappa shape index (κ1) is 10.6. The Hall–Kier alpha value is -0.430. The lowest BCUT2D eigenvalue weighted by Gasteiger charge is -2.15. The quantitative estimate of drug-likeness (QED) is 0.781. The van der Waals surface area contributed by atoms with Crippen LogP contribution in [0, 0.1) is 3.57 Å². The Morgan fingerprint density at radius 3 is 2.62 bits per heavy atom. The van der Waals surface area contributed by atoms with Crippen LogP contribution in [0.2, 0.25) is 0 Å². The van der Waals surface area contributed by atoms with E-state index in [1.165, 1.54) is 0 Å². The van der Waals surface area contributed by atoms with Crippen LogP contribution >= 0.6 is 22.6 Å². The van der Waals surface area contributed by atoms with Crippen LogP contribution in [0.4, 0.5) is 5.95 Å². The Labute approximate surface area is 91.5 Å². The molecule has 13 heavy (non-hydrogen) atoms. The van der Waals surface area contributed by atoms with Crippen LogP contribution in [0.5, 0.6) is 0 Å². The van der Waals surface area contributed by atoms with Gasteiger partial charge < -0.3 is 9.64 Å². The number of hydrogen-bond acceptors (Lipinski definition) is 4.